The minimum atomic E-state index is 1.11. The molecule has 0 amide bonds. The second-order valence-electron chi connectivity index (χ2n) is 17.5. The lowest BCUT2D eigenvalue weighted by molar-refractivity contribution is 0.873. The van der Waals surface area contributed by atoms with Gasteiger partial charge >= 0.3 is 0 Å². The number of rotatable bonds is 4. The molecule has 268 valence electrons. The van der Waals surface area contributed by atoms with Crippen molar-refractivity contribution in [2.45, 2.75) is 77.0 Å². The predicted octanol–water partition coefficient (Wildman–Crippen LogP) is 12.3. The summed E-state index contributed by atoms with van der Waals surface area (Å²) in [6, 6.07) is 48.4. The van der Waals surface area contributed by atoms with Gasteiger partial charge < -0.3 is 0 Å². The van der Waals surface area contributed by atoms with Gasteiger partial charge in [-0.3, -0.25) is 0 Å². The zero-order chi connectivity index (χ0) is 36.5. The molecule has 0 nitrogen and oxygen atoms in total. The zero-order valence-electron chi connectivity index (χ0n) is 32.0. The number of aryl methyl sites for hydroxylation is 12. The summed E-state index contributed by atoms with van der Waals surface area (Å²) >= 11 is 0. The Bertz CT molecular complexity index is 2640. The summed E-state index contributed by atoms with van der Waals surface area (Å²) in [4.78, 5) is 0. The van der Waals surface area contributed by atoms with E-state index >= 15 is 0 Å². The van der Waals surface area contributed by atoms with Gasteiger partial charge in [-0.2, -0.15) is 0 Å². The van der Waals surface area contributed by atoms with E-state index in [1.54, 1.807) is 100 Å². The summed E-state index contributed by atoms with van der Waals surface area (Å²) in [5.41, 5.74) is 36.2. The molecular weight excluding hydrogens is 673 g/mol. The van der Waals surface area contributed by atoms with Crippen LogP contribution in [0.5, 0.6) is 0 Å². The summed E-state index contributed by atoms with van der Waals surface area (Å²) in [7, 11) is 0. The van der Waals surface area contributed by atoms with Gasteiger partial charge in [0.25, 0.3) is 0 Å². The molecule has 0 saturated heterocycles. The van der Waals surface area contributed by atoms with E-state index in [1.165, 1.54) is 33.4 Å². The van der Waals surface area contributed by atoms with Crippen molar-refractivity contribution in [1.29, 1.82) is 0 Å². The quantitative estimate of drug-likeness (QED) is 0.159. The molecule has 0 spiro atoms. The first-order valence-electron chi connectivity index (χ1n) is 21.3. The van der Waals surface area contributed by atoms with E-state index in [4.69, 9.17) is 0 Å². The predicted molar refractivity (Wildman–Crippen MR) is 232 cm³/mol. The van der Waals surface area contributed by atoms with Crippen molar-refractivity contribution in [3.05, 3.63) is 210 Å². The van der Waals surface area contributed by atoms with Crippen LogP contribution in [0.1, 0.15) is 89.0 Å². The number of hydrogen-bond acceptors (Lipinski definition) is 0. The minimum absolute atomic E-state index is 1.11. The third kappa shape index (κ3) is 4.53. The maximum absolute atomic E-state index is 2.63. The molecule has 6 aliphatic rings. The third-order valence-corrected chi connectivity index (χ3v) is 14.5. The zero-order valence-corrected chi connectivity index (χ0v) is 32.0. The maximum Gasteiger partial charge on any atom is -0.00264 e. The van der Waals surface area contributed by atoms with Crippen LogP contribution < -0.4 is 0 Å². The number of hydrogen-bond donors (Lipinski definition) is 0. The Morgan fingerprint density at radius 2 is 0.446 bits per heavy atom. The third-order valence-electron chi connectivity index (χ3n) is 14.5. The van der Waals surface area contributed by atoms with Crippen LogP contribution in [0.3, 0.4) is 0 Å². The van der Waals surface area contributed by atoms with Crippen LogP contribution in [0.15, 0.2) is 121 Å². The van der Waals surface area contributed by atoms with Gasteiger partial charge in [0.05, 0.1) is 0 Å². The standard InChI is InChI=1S/C56H44/c1-2-7-33(8-3-1)52(46-27-40-21-15-34-9-4-10-35-16-22-41(28-46)53(40)49(34)35)56(47-29-42-23-17-36-11-5-12-37-18-24-43(30-47)54(42)50(36)37)48-31-44-25-19-38-13-6-14-39-20-26-45(32-48)55(44)51(38)39/h1-14,27-32H,15-26H2. The Morgan fingerprint density at radius 3 is 0.732 bits per heavy atom. The van der Waals surface area contributed by atoms with E-state index in [9.17, 15) is 0 Å². The van der Waals surface area contributed by atoms with Crippen molar-refractivity contribution in [1.82, 2.24) is 0 Å². The summed E-state index contributed by atoms with van der Waals surface area (Å²) in [5.74, 6) is 0. The maximum atomic E-state index is 2.63. The molecule has 7 aromatic carbocycles. The van der Waals surface area contributed by atoms with Gasteiger partial charge in [-0.05, 0) is 211 Å². The highest BCUT2D eigenvalue weighted by Gasteiger charge is 2.32. The van der Waals surface area contributed by atoms with Crippen molar-refractivity contribution in [3.8, 4) is 33.4 Å². The van der Waals surface area contributed by atoms with Gasteiger partial charge in [-0.25, -0.2) is 0 Å². The molecule has 0 heterocycles. The van der Waals surface area contributed by atoms with Crippen LogP contribution in [0, 0.1) is 0 Å². The lowest BCUT2D eigenvalue weighted by atomic mass is 9.71. The van der Waals surface area contributed by atoms with Gasteiger partial charge in [0.1, 0.15) is 0 Å². The monoisotopic (exact) mass is 716 g/mol. The molecule has 0 unspecified atom stereocenters. The molecule has 0 radical (unpaired) electrons. The molecule has 0 bridgehead atoms. The fourth-order valence-corrected chi connectivity index (χ4v) is 12.2. The first-order chi connectivity index (χ1) is 27.7. The lowest BCUT2D eigenvalue weighted by Crippen LogP contribution is -2.16. The smallest absolute Gasteiger partial charge is 0.00264 e. The van der Waals surface area contributed by atoms with E-state index < -0.39 is 0 Å². The van der Waals surface area contributed by atoms with Gasteiger partial charge in [0.2, 0.25) is 0 Å². The first kappa shape index (κ1) is 31.5. The topological polar surface area (TPSA) is 0 Å². The van der Waals surface area contributed by atoms with Gasteiger partial charge in [0.15, 0.2) is 0 Å². The minimum Gasteiger partial charge on any atom is -0.0622 e. The van der Waals surface area contributed by atoms with Crippen LogP contribution in [0.4, 0.5) is 0 Å². The molecule has 0 heteroatoms. The molecule has 0 fully saturated rings. The Balaban J connectivity index is 1.12. The Kier molecular flexibility index (Phi) is 6.69. The molecule has 0 atom stereocenters. The van der Waals surface area contributed by atoms with E-state index in [2.05, 4.69) is 121 Å². The van der Waals surface area contributed by atoms with Crippen LogP contribution in [-0.4, -0.2) is 0 Å². The summed E-state index contributed by atoms with van der Waals surface area (Å²) in [6.45, 7) is 0. The second-order valence-corrected chi connectivity index (χ2v) is 17.5. The molecule has 0 N–H and O–H groups in total. The van der Waals surface area contributed by atoms with Crippen molar-refractivity contribution in [2.75, 3.05) is 0 Å². The van der Waals surface area contributed by atoms with E-state index in [0.717, 1.165) is 77.0 Å². The van der Waals surface area contributed by atoms with E-state index in [1.807, 2.05) is 0 Å². The molecule has 7 aromatic rings. The summed E-state index contributed by atoms with van der Waals surface area (Å²) in [6.07, 6.45) is 13.5. The highest BCUT2D eigenvalue weighted by Crippen LogP contribution is 2.50. The van der Waals surface area contributed by atoms with Crippen molar-refractivity contribution in [3.63, 3.8) is 0 Å². The lowest BCUT2D eigenvalue weighted by Gasteiger charge is -2.32. The second kappa shape index (κ2) is 11.9. The average molecular weight is 717 g/mol. The van der Waals surface area contributed by atoms with Crippen LogP contribution >= 0.6 is 0 Å². The molecule has 56 heavy (non-hydrogen) atoms. The normalized spacial score (nSPS) is 15.7. The van der Waals surface area contributed by atoms with E-state index in [-0.39, 0.29) is 0 Å². The Labute approximate surface area is 330 Å². The number of benzene rings is 7. The van der Waals surface area contributed by atoms with Crippen molar-refractivity contribution >= 4 is 11.1 Å². The van der Waals surface area contributed by atoms with Gasteiger partial charge in [-0.15, -0.1) is 0 Å². The SMILES string of the molecule is c1ccc(C(=C(c2cc3c4c(c2)CCc2cccc(c2-4)CC3)c2cc3c4c(c2)CCc2cccc(c2-4)CC3)c2cc3c4c(c2)CCc2cccc(c2-4)CC3)cc1. The molecule has 0 aliphatic heterocycles. The van der Waals surface area contributed by atoms with Crippen molar-refractivity contribution < 1.29 is 0 Å². The Hall–Kier alpha value is -5.72. The highest BCUT2D eigenvalue weighted by atomic mass is 14.4. The molecule has 13 rings (SSSR count). The summed E-state index contributed by atoms with van der Waals surface area (Å²) in [5, 5.41) is 0. The van der Waals surface area contributed by atoms with Crippen LogP contribution in [0.2, 0.25) is 0 Å². The fourth-order valence-electron chi connectivity index (χ4n) is 12.2. The molecule has 0 aromatic heterocycles. The van der Waals surface area contributed by atoms with Crippen LogP contribution in [0.25, 0.3) is 44.5 Å². The van der Waals surface area contributed by atoms with Gasteiger partial charge in [0, 0.05) is 0 Å². The molecule has 0 saturated carbocycles. The van der Waals surface area contributed by atoms with E-state index in [0.29, 0.717) is 0 Å². The van der Waals surface area contributed by atoms with Crippen molar-refractivity contribution in [2.24, 2.45) is 0 Å². The van der Waals surface area contributed by atoms with Gasteiger partial charge in [-0.1, -0.05) is 121 Å². The fraction of sp³-hybridized carbons (Fsp3) is 0.214. The van der Waals surface area contributed by atoms with Crippen LogP contribution in [-0.2, 0) is 77.0 Å². The average Bonchev–Trinajstić information content (AvgIpc) is 3.25. The molecular formula is C56H44. The molecule has 6 aliphatic carbocycles. The Morgan fingerprint density at radius 1 is 0.214 bits per heavy atom. The summed E-state index contributed by atoms with van der Waals surface area (Å²) < 4.78 is 0. The highest BCUT2D eigenvalue weighted by molar-refractivity contribution is 6.06. The largest absolute Gasteiger partial charge is 0.0622 e. The first-order valence-corrected chi connectivity index (χ1v) is 21.3.